The summed E-state index contributed by atoms with van der Waals surface area (Å²) < 4.78 is 47.3. The fraction of sp³-hybridized carbons (Fsp3) is 0.500. The van der Waals surface area contributed by atoms with Crippen molar-refractivity contribution in [2.45, 2.75) is 140 Å². The number of pyridine rings is 1. The van der Waals surface area contributed by atoms with E-state index in [1.807, 2.05) is 81.7 Å². The van der Waals surface area contributed by atoms with Gasteiger partial charge in [0, 0.05) is 76.2 Å². The normalized spacial score (nSPS) is 22.7. The fourth-order valence-electron chi connectivity index (χ4n) is 13.9. The van der Waals surface area contributed by atoms with Gasteiger partial charge < -0.3 is 53.9 Å². The van der Waals surface area contributed by atoms with Crippen LogP contribution in [0.3, 0.4) is 0 Å². The second kappa shape index (κ2) is 24.8. The van der Waals surface area contributed by atoms with Crippen molar-refractivity contribution in [3.05, 3.63) is 106 Å². The molecule has 5 saturated heterocycles. The molecule has 3 N–H and O–H groups in total. The summed E-state index contributed by atoms with van der Waals surface area (Å²) >= 11 is 1.58. The predicted octanol–water partition coefficient (Wildman–Crippen LogP) is 9.11. The molecule has 3 aromatic carbocycles. The topological polar surface area (TPSA) is 223 Å². The van der Waals surface area contributed by atoms with Gasteiger partial charge in [0.25, 0.3) is 0 Å². The van der Waals surface area contributed by atoms with Crippen LogP contribution in [-0.4, -0.2) is 159 Å². The zero-order valence-corrected chi connectivity index (χ0v) is 50.7. The number of thiazole rings is 1. The van der Waals surface area contributed by atoms with Gasteiger partial charge in [-0.05, 0) is 111 Å². The highest BCUT2D eigenvalue weighted by Gasteiger charge is 2.51. The lowest BCUT2D eigenvalue weighted by molar-refractivity contribution is -0.141. The summed E-state index contributed by atoms with van der Waals surface area (Å²) in [5.74, 6) is -0.917. The van der Waals surface area contributed by atoms with Gasteiger partial charge in [0.05, 0.1) is 45.7 Å². The van der Waals surface area contributed by atoms with E-state index in [4.69, 9.17) is 38.4 Å². The summed E-state index contributed by atoms with van der Waals surface area (Å²) in [6.45, 7) is 12.5. The lowest BCUT2D eigenvalue weighted by atomic mass is 9.91. The Labute approximate surface area is 503 Å². The van der Waals surface area contributed by atoms with Gasteiger partial charge in [0.2, 0.25) is 11.8 Å². The maximum absolute atomic E-state index is 17.6. The third kappa shape index (κ3) is 11.7. The molecular formula is C64H76FN11O9S. The van der Waals surface area contributed by atoms with Crippen molar-refractivity contribution >= 4 is 56.7 Å². The van der Waals surface area contributed by atoms with E-state index in [1.165, 1.54) is 9.80 Å². The Morgan fingerprint density at radius 1 is 1.00 bits per heavy atom. The van der Waals surface area contributed by atoms with Crippen LogP contribution in [0.2, 0.25) is 0 Å². The summed E-state index contributed by atoms with van der Waals surface area (Å²) in [7, 11) is 3.18. The molecule has 3 amide bonds. The summed E-state index contributed by atoms with van der Waals surface area (Å²) in [6, 6.07) is 18.8. The second-order valence-electron chi connectivity index (χ2n) is 24.3. The van der Waals surface area contributed by atoms with Crippen LogP contribution >= 0.6 is 11.3 Å². The van der Waals surface area contributed by atoms with Gasteiger partial charge in [0.15, 0.2) is 12.6 Å². The maximum atomic E-state index is 17.6. The number of hydrogen-bond donors (Lipinski definition) is 3. The van der Waals surface area contributed by atoms with Gasteiger partial charge in [-0.2, -0.15) is 9.97 Å². The highest BCUT2D eigenvalue weighted by Crippen LogP contribution is 2.44. The number of carbonyl (C=O) groups excluding carboxylic acids is 3. The van der Waals surface area contributed by atoms with E-state index in [1.54, 1.807) is 37.8 Å². The van der Waals surface area contributed by atoms with Crippen LogP contribution < -0.4 is 25.0 Å². The Morgan fingerprint density at radius 2 is 1.80 bits per heavy atom. The summed E-state index contributed by atoms with van der Waals surface area (Å²) in [6.07, 6.45) is 6.57. The average Bonchev–Trinajstić information content (AvgIpc) is 1.44. The first kappa shape index (κ1) is 59.0. The summed E-state index contributed by atoms with van der Waals surface area (Å²) in [5, 5.41) is 24.2. The summed E-state index contributed by atoms with van der Waals surface area (Å²) in [4.78, 5) is 69.7. The smallest absolute Gasteiger partial charge is 0.409 e. The Kier molecular flexibility index (Phi) is 17.0. The number of ether oxygens (including phenoxy) is 4. The molecule has 20 nitrogen and oxygen atoms in total. The molecule has 2 unspecified atom stereocenters. The van der Waals surface area contributed by atoms with E-state index in [0.717, 1.165) is 89.5 Å². The molecule has 2 bridgehead atoms. The number of nitrogens with zero attached hydrogens (tertiary/aromatic N) is 9. The number of halogens is 1. The van der Waals surface area contributed by atoms with E-state index in [2.05, 4.69) is 43.6 Å². The third-order valence-corrected chi connectivity index (χ3v) is 19.2. The van der Waals surface area contributed by atoms with Crippen LogP contribution in [0, 0.1) is 18.7 Å². The molecule has 0 aliphatic carbocycles. The van der Waals surface area contributed by atoms with Gasteiger partial charge in [-0.15, -0.1) is 11.3 Å². The molecule has 5 fully saturated rings. The van der Waals surface area contributed by atoms with Crippen LogP contribution in [-0.2, 0) is 32.0 Å². The van der Waals surface area contributed by atoms with E-state index >= 15 is 4.39 Å². The SMILES string of the molecule is CCc1cccc2cc(OCOC)cc(-c3ncc4c(N5CC6CCC(C5)N6)nc(OC[C@@]56CCCN5[C@H](COC(=O)N(C)Cc5cc([C@H](C(=O)N7C[C@H](O)C[C@H]7C(=O)N[C@@H](C)c7ccc(-c8scnc8C)cc7)C(C)C)on5)CC6)nc4c3F)c12. The number of amides is 3. The summed E-state index contributed by atoms with van der Waals surface area (Å²) in [5.41, 5.74) is 6.72. The van der Waals surface area contributed by atoms with Crippen molar-refractivity contribution in [1.29, 1.82) is 0 Å². The minimum Gasteiger partial charge on any atom is -0.468 e. The van der Waals surface area contributed by atoms with Crippen LogP contribution in [0.15, 0.2) is 76.9 Å². The van der Waals surface area contributed by atoms with Crippen LogP contribution in [0.4, 0.5) is 15.0 Å². The molecule has 7 aromatic rings. The largest absolute Gasteiger partial charge is 0.468 e. The Morgan fingerprint density at radius 3 is 2.55 bits per heavy atom. The van der Waals surface area contributed by atoms with Gasteiger partial charge in [-0.1, -0.05) is 68.4 Å². The predicted molar refractivity (Wildman–Crippen MR) is 323 cm³/mol. The average molecular weight is 1190 g/mol. The molecule has 0 spiro atoms. The molecule has 0 saturated carbocycles. The Hall–Kier alpha value is -7.37. The fourth-order valence-corrected chi connectivity index (χ4v) is 14.7. The van der Waals surface area contributed by atoms with E-state index in [9.17, 15) is 19.5 Å². The number of likely N-dealkylation sites (tertiary alicyclic amines) is 1. The maximum Gasteiger partial charge on any atom is 0.409 e. The van der Waals surface area contributed by atoms with Crippen LogP contribution in [0.25, 0.3) is 43.4 Å². The van der Waals surface area contributed by atoms with Gasteiger partial charge in [-0.3, -0.25) is 19.5 Å². The van der Waals surface area contributed by atoms with Crippen LogP contribution in [0.5, 0.6) is 11.8 Å². The Balaban J connectivity index is 0.699. The van der Waals surface area contributed by atoms with Gasteiger partial charge >= 0.3 is 12.1 Å². The van der Waals surface area contributed by atoms with Gasteiger partial charge in [-0.25, -0.2) is 14.2 Å². The quantitative estimate of drug-likeness (QED) is 0.0605. The lowest BCUT2D eigenvalue weighted by Gasteiger charge is -2.35. The molecule has 86 heavy (non-hydrogen) atoms. The molecular weight excluding hydrogens is 1120 g/mol. The number of nitrogens with one attached hydrogen (secondary N) is 2. The zero-order valence-electron chi connectivity index (χ0n) is 49.9. The standard InChI is InChI=1S/C64H76FN11O9S/c1-8-39-11-9-12-42-23-48(84-35-81-7)26-49(54(39)42)56-55(65)57-50(27-66-56)59(74-29-43-17-18-44(30-74)69-43)71-62(70-57)83-33-64-20-10-22-76(64)46(19-21-64)32-82-63(80)73(6)28-45-24-52(85-72-45)53(36(2)3)61(79)75-31-47(77)25-51(75)60(78)68-37(4)40-13-15-41(16-14-40)58-38(5)67-34-86-58/h9,11-16,23-24,26-27,34,36-37,43-44,46-47,51,53,69,77H,8,10,17-22,25,28-33,35H2,1-7H3,(H,68,78)/t37-,43?,44?,46-,47+,51-,53+,64-/m0/s1. The monoisotopic (exact) mass is 1190 g/mol. The molecule has 4 aromatic heterocycles. The molecule has 5 aliphatic rings. The van der Waals surface area contributed by atoms with E-state index in [-0.39, 0.29) is 92.1 Å². The number of piperazine rings is 1. The lowest BCUT2D eigenvalue weighted by Crippen LogP contribution is -2.51. The first-order valence-electron chi connectivity index (χ1n) is 30.2. The number of methoxy groups -OCH3 is 1. The van der Waals surface area contributed by atoms with E-state index in [0.29, 0.717) is 59.1 Å². The molecule has 12 rings (SSSR count). The highest BCUT2D eigenvalue weighted by molar-refractivity contribution is 7.13. The first-order valence-corrected chi connectivity index (χ1v) is 31.0. The first-order chi connectivity index (χ1) is 41.6. The highest BCUT2D eigenvalue weighted by atomic mass is 32.1. The second-order valence-corrected chi connectivity index (χ2v) is 25.2. The number of hydrogen-bond acceptors (Lipinski definition) is 18. The van der Waals surface area contributed by atoms with Crippen molar-refractivity contribution in [3.8, 4) is 33.5 Å². The van der Waals surface area contributed by atoms with Crippen molar-refractivity contribution < 1.29 is 47.4 Å². The van der Waals surface area contributed by atoms with Crippen LogP contribution in [0.1, 0.15) is 113 Å². The van der Waals surface area contributed by atoms with Gasteiger partial charge in [0.1, 0.15) is 59.4 Å². The van der Waals surface area contributed by atoms with Crippen molar-refractivity contribution in [3.63, 3.8) is 0 Å². The number of aliphatic hydroxyl groups is 1. The molecule has 9 heterocycles. The minimum atomic E-state index is -0.890. The zero-order chi connectivity index (χ0) is 60.0. The Bertz CT molecular complexity index is 3630. The van der Waals surface area contributed by atoms with Crippen molar-refractivity contribution in [2.75, 3.05) is 65.2 Å². The molecule has 5 aliphatic heterocycles. The number of β-amino-alcohol motifs (C(OH)–C–C–N with tert-alkyl or cyclic N) is 1. The van der Waals surface area contributed by atoms with E-state index < -0.39 is 30.0 Å². The molecule has 0 radical (unpaired) electrons. The number of aromatic nitrogens is 5. The number of rotatable bonds is 20. The number of carbonyl (C=O) groups is 3. The number of benzene rings is 3. The van der Waals surface area contributed by atoms with Crippen molar-refractivity contribution in [1.82, 2.24) is 50.4 Å². The van der Waals surface area contributed by atoms with Crippen molar-refractivity contribution in [2.24, 2.45) is 5.92 Å². The molecule has 8 atom stereocenters. The third-order valence-electron chi connectivity index (χ3n) is 18.2. The number of aliphatic hydroxyl groups excluding tert-OH is 1. The minimum absolute atomic E-state index is 0.00104. The number of fused-ring (bicyclic) bond motifs is 5. The molecule has 22 heteroatoms. The number of anilines is 1. The number of aryl methyl sites for hydroxylation is 2. The molecule has 454 valence electrons.